The zero-order valence-corrected chi connectivity index (χ0v) is 11.7. The molecule has 2 rings (SSSR count). The van der Waals surface area contributed by atoms with Gasteiger partial charge in [0.05, 0.1) is 12.7 Å². The van der Waals surface area contributed by atoms with Crippen molar-refractivity contribution in [2.45, 2.75) is 4.90 Å². The van der Waals surface area contributed by atoms with Crippen LogP contribution >= 0.6 is 22.9 Å². The fourth-order valence-corrected chi connectivity index (χ4v) is 4.63. The van der Waals surface area contributed by atoms with Crippen molar-refractivity contribution in [3.05, 3.63) is 21.0 Å². The predicted octanol–water partition coefficient (Wildman–Crippen LogP) is 1.44. The normalized spacial score (nSPS) is 17.6. The molecule has 1 aliphatic heterocycles. The molecule has 0 amide bonds. The van der Waals surface area contributed by atoms with E-state index in [1.165, 1.54) is 5.38 Å². The largest absolute Gasteiger partial charge is 0.505 e. The second-order valence-electron chi connectivity index (χ2n) is 3.41. The topological polar surface area (TPSA) is 83.9 Å². The third-order valence-corrected chi connectivity index (χ3v) is 5.80. The highest BCUT2D eigenvalue weighted by Gasteiger charge is 2.40. The Kier molecular flexibility index (Phi) is 3.04. The van der Waals surface area contributed by atoms with Gasteiger partial charge in [0.25, 0.3) is 10.0 Å². The molecule has 0 spiro atoms. The molecule has 0 saturated carbocycles. The average molecular weight is 310 g/mol. The van der Waals surface area contributed by atoms with Gasteiger partial charge in [0.15, 0.2) is 11.5 Å². The maximum atomic E-state index is 12.2. The van der Waals surface area contributed by atoms with E-state index in [1.807, 2.05) is 0 Å². The average Bonchev–Trinajstić information content (AvgIpc) is 2.70. The van der Waals surface area contributed by atoms with Gasteiger partial charge in [0.1, 0.15) is 9.23 Å². The number of esters is 1. The molecule has 0 aromatic carbocycles. The molecule has 0 saturated heterocycles. The highest BCUT2D eigenvalue weighted by molar-refractivity contribution is 7.89. The van der Waals surface area contributed by atoms with E-state index < -0.39 is 27.4 Å². The van der Waals surface area contributed by atoms with Gasteiger partial charge in [0, 0.05) is 12.4 Å². The molecule has 0 radical (unpaired) electrons. The highest BCUT2D eigenvalue weighted by Crippen LogP contribution is 2.42. The van der Waals surface area contributed by atoms with E-state index in [-0.39, 0.29) is 14.8 Å². The van der Waals surface area contributed by atoms with Gasteiger partial charge in [-0.1, -0.05) is 11.6 Å². The molecule has 9 heteroatoms. The summed E-state index contributed by atoms with van der Waals surface area (Å²) in [6.07, 6.45) is 0. The van der Waals surface area contributed by atoms with Crippen LogP contribution in [0.2, 0.25) is 4.34 Å². The quantitative estimate of drug-likeness (QED) is 0.793. The lowest BCUT2D eigenvalue weighted by atomic mass is 10.2. The third-order valence-electron chi connectivity index (χ3n) is 2.49. The summed E-state index contributed by atoms with van der Waals surface area (Å²) in [6, 6.07) is 0. The van der Waals surface area contributed by atoms with E-state index in [9.17, 15) is 18.3 Å². The number of hydrogen-bond donors (Lipinski definition) is 1. The molecule has 0 fully saturated rings. The van der Waals surface area contributed by atoms with Crippen LogP contribution in [0.15, 0.2) is 16.0 Å². The van der Waals surface area contributed by atoms with Crippen molar-refractivity contribution in [2.24, 2.45) is 0 Å². The Morgan fingerprint density at radius 1 is 1.56 bits per heavy atom. The Morgan fingerprint density at radius 2 is 2.17 bits per heavy atom. The minimum Gasteiger partial charge on any atom is -0.505 e. The number of hydrogen-bond acceptors (Lipinski definition) is 6. The van der Waals surface area contributed by atoms with Gasteiger partial charge in [-0.2, -0.15) is 0 Å². The van der Waals surface area contributed by atoms with Crippen LogP contribution in [0.25, 0.3) is 5.76 Å². The minimum absolute atomic E-state index is 0.0171. The number of fused-ring (bicyclic) bond motifs is 1. The van der Waals surface area contributed by atoms with Gasteiger partial charge < -0.3 is 9.84 Å². The number of methoxy groups -OCH3 is 1. The Balaban J connectivity index is 2.82. The summed E-state index contributed by atoms with van der Waals surface area (Å²) in [5.41, 5.74) is -0.414. The molecule has 0 bridgehead atoms. The van der Waals surface area contributed by atoms with E-state index in [1.54, 1.807) is 0 Å². The van der Waals surface area contributed by atoms with Gasteiger partial charge in [-0.3, -0.25) is 4.31 Å². The number of carbonyl (C=O) groups is 1. The van der Waals surface area contributed by atoms with E-state index in [2.05, 4.69) is 4.74 Å². The van der Waals surface area contributed by atoms with Gasteiger partial charge in [0.2, 0.25) is 0 Å². The van der Waals surface area contributed by atoms with E-state index in [0.717, 1.165) is 25.5 Å². The molecule has 1 aromatic heterocycles. The van der Waals surface area contributed by atoms with Crippen LogP contribution in [0.1, 0.15) is 5.56 Å². The Morgan fingerprint density at radius 3 is 2.72 bits per heavy atom. The van der Waals surface area contributed by atoms with Crippen LogP contribution in [-0.2, 0) is 19.6 Å². The zero-order valence-electron chi connectivity index (χ0n) is 9.30. The number of sulfonamides is 1. The van der Waals surface area contributed by atoms with Crippen molar-refractivity contribution in [3.8, 4) is 0 Å². The third kappa shape index (κ3) is 1.60. The van der Waals surface area contributed by atoms with E-state index >= 15 is 0 Å². The molecule has 1 aromatic rings. The van der Waals surface area contributed by atoms with Gasteiger partial charge in [-0.25, -0.2) is 13.2 Å². The number of likely N-dealkylation sites (N-methyl/N-ethyl adjacent to an activating group) is 1. The van der Waals surface area contributed by atoms with Crippen LogP contribution in [0.5, 0.6) is 0 Å². The Labute approximate surface area is 112 Å². The summed E-state index contributed by atoms with van der Waals surface area (Å²) in [5.74, 6) is -1.40. The standard InChI is InChI=1S/C9H8ClNO5S2/c1-11-5(9(13)16-2)6(12)4-3-17-8(10)7(4)18(11,14)15/h3,12H,1-2H3. The number of thiophene rings is 1. The van der Waals surface area contributed by atoms with E-state index in [0.29, 0.717) is 4.31 Å². The molecular weight excluding hydrogens is 302 g/mol. The highest BCUT2D eigenvalue weighted by atomic mass is 35.5. The lowest BCUT2D eigenvalue weighted by Gasteiger charge is -2.26. The van der Waals surface area contributed by atoms with Crippen LogP contribution in [0.4, 0.5) is 0 Å². The number of aliphatic hydroxyl groups is 1. The monoisotopic (exact) mass is 309 g/mol. The molecular formula is C9H8ClNO5S2. The van der Waals surface area contributed by atoms with Crippen molar-refractivity contribution in [1.29, 1.82) is 0 Å². The van der Waals surface area contributed by atoms with E-state index in [4.69, 9.17) is 11.6 Å². The number of ether oxygens (including phenoxy) is 1. The molecule has 0 atom stereocenters. The second kappa shape index (κ2) is 4.15. The fourth-order valence-electron chi connectivity index (χ4n) is 1.58. The van der Waals surface area contributed by atoms with Gasteiger partial charge in [-0.15, -0.1) is 11.3 Å². The molecule has 2 heterocycles. The van der Waals surface area contributed by atoms with Gasteiger partial charge in [-0.05, 0) is 0 Å². The first kappa shape index (κ1) is 13.2. The van der Waals surface area contributed by atoms with Crippen LogP contribution in [-0.4, -0.2) is 38.0 Å². The number of nitrogens with zero attached hydrogens (tertiary/aromatic N) is 1. The molecule has 18 heavy (non-hydrogen) atoms. The summed E-state index contributed by atoms with van der Waals surface area (Å²) >= 11 is 6.76. The molecule has 1 aliphatic rings. The summed E-state index contributed by atoms with van der Waals surface area (Å²) in [6.45, 7) is 0. The summed E-state index contributed by atoms with van der Waals surface area (Å²) < 4.78 is 29.5. The van der Waals surface area contributed by atoms with Crippen LogP contribution in [0, 0.1) is 0 Å². The number of aliphatic hydroxyl groups excluding tert-OH is 1. The van der Waals surface area contributed by atoms with Crippen LogP contribution < -0.4 is 0 Å². The molecule has 6 nitrogen and oxygen atoms in total. The maximum Gasteiger partial charge on any atom is 0.359 e. The number of carbonyl (C=O) groups excluding carboxylic acids is 1. The Hall–Kier alpha value is -1.25. The lowest BCUT2D eigenvalue weighted by molar-refractivity contribution is -0.137. The Bertz CT molecular complexity index is 660. The molecule has 1 N–H and O–H groups in total. The lowest BCUT2D eigenvalue weighted by Crippen LogP contribution is -2.35. The molecule has 0 aliphatic carbocycles. The van der Waals surface area contributed by atoms with Crippen molar-refractivity contribution in [1.82, 2.24) is 4.31 Å². The molecule has 0 unspecified atom stereocenters. The second-order valence-corrected chi connectivity index (χ2v) is 6.80. The van der Waals surface area contributed by atoms with Crippen LogP contribution in [0.3, 0.4) is 0 Å². The van der Waals surface area contributed by atoms with Crippen molar-refractivity contribution in [2.75, 3.05) is 14.2 Å². The van der Waals surface area contributed by atoms with Crippen molar-refractivity contribution >= 4 is 44.7 Å². The molecule has 98 valence electrons. The zero-order chi connectivity index (χ0) is 13.7. The number of halogens is 1. The smallest absolute Gasteiger partial charge is 0.359 e. The summed E-state index contributed by atoms with van der Waals surface area (Å²) in [7, 11) is -1.71. The van der Waals surface area contributed by atoms with Crippen molar-refractivity contribution in [3.63, 3.8) is 0 Å². The first-order chi connectivity index (χ1) is 8.32. The summed E-state index contributed by atoms with van der Waals surface area (Å²) in [5, 5.41) is 11.3. The predicted molar refractivity (Wildman–Crippen MR) is 65.8 cm³/mol. The SMILES string of the molecule is COC(=O)C1=C(O)c2csc(Cl)c2S(=O)(=O)N1C. The van der Waals surface area contributed by atoms with Crippen molar-refractivity contribution < 1.29 is 23.1 Å². The minimum atomic E-state index is -3.95. The summed E-state index contributed by atoms with van der Waals surface area (Å²) in [4.78, 5) is 11.3. The first-order valence-corrected chi connectivity index (χ1v) is 7.30. The number of rotatable bonds is 1. The fraction of sp³-hybridized carbons (Fsp3) is 0.222. The first-order valence-electron chi connectivity index (χ1n) is 4.60. The maximum absolute atomic E-state index is 12.2. The van der Waals surface area contributed by atoms with Gasteiger partial charge >= 0.3 is 5.97 Å².